The first-order valence-electron chi connectivity index (χ1n) is 26.7. The number of carbonyl (C=O) groups excluding carboxylic acids is 3. The first kappa shape index (κ1) is 53.9. The van der Waals surface area contributed by atoms with Gasteiger partial charge in [0.15, 0.2) is 0 Å². The molecule has 0 saturated heterocycles. The molecule has 9 aliphatic rings. The van der Waals surface area contributed by atoms with E-state index in [1.54, 1.807) is 16.7 Å². The molecule has 0 unspecified atom stereocenters. The van der Waals surface area contributed by atoms with E-state index in [9.17, 15) is 29.7 Å². The summed E-state index contributed by atoms with van der Waals surface area (Å²) in [4.78, 5) is 35.5. The van der Waals surface area contributed by atoms with Crippen LogP contribution < -0.4 is 15.3 Å². The van der Waals surface area contributed by atoms with Crippen molar-refractivity contribution < 1.29 is 52.1 Å². The van der Waals surface area contributed by atoms with Gasteiger partial charge in [0.2, 0.25) is 0 Å². The summed E-state index contributed by atoms with van der Waals surface area (Å²) in [6.07, 6.45) is 32.9. The molecule has 0 aliphatic heterocycles. The van der Waals surface area contributed by atoms with E-state index in [4.69, 9.17) is 0 Å². The molecule has 9 rings (SSSR count). The Hall–Kier alpha value is -2.41. The van der Waals surface area contributed by atoms with E-state index in [1.165, 1.54) is 55.2 Å². The second kappa shape index (κ2) is 20.0. The molecule has 0 aromatic rings. The fourth-order valence-electron chi connectivity index (χ4n) is 16.8. The van der Waals surface area contributed by atoms with Crippen LogP contribution in [0.25, 0.3) is 0 Å². The van der Waals surface area contributed by atoms with Gasteiger partial charge >= 0.3 is 22.4 Å². The quantitative estimate of drug-likeness (QED) is 0.244. The van der Waals surface area contributed by atoms with Crippen molar-refractivity contribution in [3.05, 3.63) is 69.9 Å². The van der Waals surface area contributed by atoms with Gasteiger partial charge in [-0.3, -0.25) is 0 Å². The van der Waals surface area contributed by atoms with Crippen molar-refractivity contribution in [2.24, 2.45) is 85.8 Å². The number of hydrogen-bond acceptors (Lipinski definition) is 6. The molecule has 3 fully saturated rings. The second-order valence-corrected chi connectivity index (χ2v) is 25.6. The maximum absolute atomic E-state index is 11.8. The average Bonchev–Trinajstić information content (AvgIpc) is 3.26. The van der Waals surface area contributed by atoms with Gasteiger partial charge in [0.05, 0.1) is 0 Å². The van der Waals surface area contributed by atoms with Gasteiger partial charge in [0, 0.05) is 34.2 Å². The third kappa shape index (κ3) is 9.47. The minimum absolute atomic E-state index is 0. The van der Waals surface area contributed by atoms with Gasteiger partial charge in [-0.15, -0.1) is 0 Å². The van der Waals surface area contributed by atoms with Crippen molar-refractivity contribution in [3.8, 4) is 0 Å². The number of fused-ring (bicyclic) bond motifs is 9. The Kier molecular flexibility index (Phi) is 16.1. The standard InChI is InChI=1S/3C20H30O2.Au/c3*1-13(2)14-6-8-16-15(12-14)7-9-17-19(16,3)10-5-11-20(17,4)18(21)22;/h3*7,12-13,16-17H,5-6,8-11H2,1-4H3,(H,21,22);/q;;;+3/p-3/t3*16-,17+,19+,20+;/m000./s1. The van der Waals surface area contributed by atoms with E-state index in [-0.39, 0.29) is 56.4 Å². The van der Waals surface area contributed by atoms with Gasteiger partial charge in [0.1, 0.15) is 0 Å². The number of rotatable bonds is 6. The van der Waals surface area contributed by atoms with Gasteiger partial charge < -0.3 is 29.7 Å². The summed E-state index contributed by atoms with van der Waals surface area (Å²) in [7, 11) is 0. The number of allylic oxidation sites excluding steroid dienone is 12. The molecule has 0 heterocycles. The van der Waals surface area contributed by atoms with E-state index in [0.29, 0.717) is 35.5 Å². The Labute approximate surface area is 422 Å². The van der Waals surface area contributed by atoms with Crippen molar-refractivity contribution >= 4 is 17.9 Å². The van der Waals surface area contributed by atoms with Crippen LogP contribution in [0.3, 0.4) is 0 Å². The first-order valence-corrected chi connectivity index (χ1v) is 26.7. The van der Waals surface area contributed by atoms with E-state index >= 15 is 0 Å². The third-order valence-corrected chi connectivity index (χ3v) is 21.1. The Bertz CT molecular complexity index is 1870. The summed E-state index contributed by atoms with van der Waals surface area (Å²) in [5.74, 6) is 1.61. The summed E-state index contributed by atoms with van der Waals surface area (Å²) >= 11 is 0. The van der Waals surface area contributed by atoms with Crippen LogP contribution in [0.2, 0.25) is 0 Å². The maximum atomic E-state index is 11.8. The molecular formula is C60H87AuO6. The van der Waals surface area contributed by atoms with Crippen molar-refractivity contribution in [2.45, 2.75) is 199 Å². The SMILES string of the molecule is CC(C)C1=CC2=CC[C@@H]3[C@](C)(CCC[C@@]3(C)C(=O)[O-])[C@H]2CC1.CC(C)C1=CC2=CC[C@@H]3[C@](C)(CCC[C@@]3(C)C(=O)[O-])[C@H]2CC1.CC(C)C1=CC2=CC[C@@H]3[C@](C)(CCC[C@@]3(C)C(=O)[O-])[C@H]2CC1.[Au+3]. The topological polar surface area (TPSA) is 120 Å². The molecule has 9 aliphatic carbocycles. The van der Waals surface area contributed by atoms with Crippen molar-refractivity contribution in [3.63, 3.8) is 0 Å². The van der Waals surface area contributed by atoms with Gasteiger partial charge in [-0.05, 0) is 183 Å². The molecule has 12 atom stereocenters. The Morgan fingerprint density at radius 1 is 0.448 bits per heavy atom. The zero-order valence-corrected chi connectivity index (χ0v) is 45.8. The zero-order chi connectivity index (χ0) is 48.4. The minimum atomic E-state index is -0.838. The first-order chi connectivity index (χ1) is 30.9. The normalized spacial score (nSPS) is 40.7. The van der Waals surface area contributed by atoms with Crippen LogP contribution in [0.1, 0.15) is 199 Å². The van der Waals surface area contributed by atoms with Crippen LogP contribution in [-0.4, -0.2) is 17.9 Å². The monoisotopic (exact) mass is 1100 g/mol. The maximum Gasteiger partial charge on any atom is 3.00 e. The van der Waals surface area contributed by atoms with Gasteiger partial charge in [0.25, 0.3) is 0 Å². The van der Waals surface area contributed by atoms with E-state index in [0.717, 1.165) is 77.0 Å². The molecule has 7 heteroatoms. The number of hydrogen-bond donors (Lipinski definition) is 0. The van der Waals surface area contributed by atoms with Crippen molar-refractivity contribution in [2.75, 3.05) is 0 Å². The molecular weight excluding hydrogens is 1010 g/mol. The third-order valence-electron chi connectivity index (χ3n) is 21.1. The van der Waals surface area contributed by atoms with Crippen LogP contribution in [0.15, 0.2) is 69.9 Å². The molecule has 67 heavy (non-hydrogen) atoms. The Morgan fingerprint density at radius 3 is 0.896 bits per heavy atom. The van der Waals surface area contributed by atoms with Gasteiger partial charge in [-0.1, -0.05) is 156 Å². The molecule has 0 aromatic heterocycles. The number of carboxylic acids is 3. The summed E-state index contributed by atoms with van der Waals surface area (Å²) < 4.78 is 0. The molecule has 0 N–H and O–H groups in total. The fraction of sp³-hybridized carbons (Fsp3) is 0.750. The Morgan fingerprint density at radius 2 is 0.687 bits per heavy atom. The average molecular weight is 1100 g/mol. The van der Waals surface area contributed by atoms with Crippen molar-refractivity contribution in [1.82, 2.24) is 0 Å². The van der Waals surface area contributed by atoms with Crippen LogP contribution in [0.4, 0.5) is 0 Å². The summed E-state index contributed by atoms with van der Waals surface area (Å²) in [5, 5.41) is 35.5. The minimum Gasteiger partial charge on any atom is -0.550 e. The van der Waals surface area contributed by atoms with E-state index < -0.39 is 34.2 Å². The second-order valence-electron chi connectivity index (χ2n) is 25.6. The molecule has 0 spiro atoms. The van der Waals surface area contributed by atoms with Gasteiger partial charge in [-0.25, -0.2) is 0 Å². The molecule has 6 nitrogen and oxygen atoms in total. The molecule has 374 valence electrons. The molecule has 0 aromatic carbocycles. The van der Waals surface area contributed by atoms with E-state index in [1.807, 2.05) is 20.8 Å². The fourth-order valence-corrected chi connectivity index (χ4v) is 16.8. The van der Waals surface area contributed by atoms with Crippen LogP contribution >= 0.6 is 0 Å². The molecule has 0 radical (unpaired) electrons. The number of aliphatic carboxylic acids is 3. The predicted octanol–water partition coefficient (Wildman–Crippen LogP) is 11.6. The molecule has 3 saturated carbocycles. The molecule has 0 bridgehead atoms. The summed E-state index contributed by atoms with van der Waals surface area (Å²) in [6, 6.07) is 0. The summed E-state index contributed by atoms with van der Waals surface area (Å²) in [5.41, 5.74) is 7.52. The van der Waals surface area contributed by atoms with Crippen LogP contribution in [-0.2, 0) is 36.8 Å². The van der Waals surface area contributed by atoms with Crippen molar-refractivity contribution in [1.29, 1.82) is 0 Å². The largest absolute Gasteiger partial charge is 3.00 e. The predicted molar refractivity (Wildman–Crippen MR) is 261 cm³/mol. The number of carboxylic acid groups (broad SMARTS) is 3. The summed E-state index contributed by atoms with van der Waals surface area (Å²) in [6.45, 7) is 26.5. The Balaban J connectivity index is 0.000000165. The van der Waals surface area contributed by atoms with Crippen LogP contribution in [0.5, 0.6) is 0 Å². The zero-order valence-electron chi connectivity index (χ0n) is 43.6. The van der Waals surface area contributed by atoms with Crippen LogP contribution in [0, 0.1) is 85.8 Å². The van der Waals surface area contributed by atoms with E-state index in [2.05, 4.69) is 98.8 Å². The number of carbonyl (C=O) groups is 3. The smallest absolute Gasteiger partial charge is 0.550 e. The van der Waals surface area contributed by atoms with Gasteiger partial charge in [-0.2, -0.15) is 0 Å². The molecule has 0 amide bonds.